The third-order valence-electron chi connectivity index (χ3n) is 5.55. The van der Waals surface area contributed by atoms with E-state index in [1.807, 2.05) is 0 Å². The van der Waals surface area contributed by atoms with Gasteiger partial charge in [0.15, 0.2) is 0 Å². The minimum Gasteiger partial charge on any atom is -0.369 e. The first-order chi connectivity index (χ1) is 6.29. The number of hydrogen-bond donors (Lipinski definition) is 0. The van der Waals surface area contributed by atoms with Crippen molar-refractivity contribution in [2.75, 3.05) is 0 Å². The molecule has 0 amide bonds. The molecule has 13 heavy (non-hydrogen) atoms. The summed E-state index contributed by atoms with van der Waals surface area (Å²) in [6, 6.07) is 0. The lowest BCUT2D eigenvalue weighted by molar-refractivity contribution is 0.135. The molecule has 2 bridgehead atoms. The highest BCUT2D eigenvalue weighted by Crippen LogP contribution is 2.73. The predicted molar refractivity (Wildman–Crippen MR) is 45.1 cm³/mol. The van der Waals surface area contributed by atoms with Crippen molar-refractivity contribution in [1.82, 2.24) is 0 Å². The van der Waals surface area contributed by atoms with Gasteiger partial charge in [-0.15, -0.1) is 0 Å². The highest BCUT2D eigenvalue weighted by atomic mass is 16.6. The lowest BCUT2D eigenvalue weighted by atomic mass is 9.76. The van der Waals surface area contributed by atoms with Gasteiger partial charge in [0.25, 0.3) is 0 Å². The zero-order chi connectivity index (χ0) is 8.37. The zero-order valence-electron chi connectivity index (χ0n) is 7.77. The van der Waals surface area contributed by atoms with E-state index < -0.39 is 0 Å². The average Bonchev–Trinajstić information content (AvgIpc) is 2.89. The molecule has 70 valence electrons. The maximum Gasteiger partial charge on any atom is 0.0955 e. The van der Waals surface area contributed by atoms with E-state index in [4.69, 9.17) is 9.47 Å². The molecule has 3 saturated carbocycles. The fourth-order valence-electron chi connectivity index (χ4n) is 4.98. The lowest BCUT2D eigenvalue weighted by Crippen LogP contribution is -2.33. The van der Waals surface area contributed by atoms with Gasteiger partial charge in [-0.1, -0.05) is 0 Å². The monoisotopic (exact) mass is 178 g/mol. The molecule has 3 aliphatic carbocycles. The van der Waals surface area contributed by atoms with Crippen LogP contribution in [0.3, 0.4) is 0 Å². The Labute approximate surface area is 77.6 Å². The minimum absolute atomic E-state index is 0.298. The molecule has 0 aromatic heterocycles. The summed E-state index contributed by atoms with van der Waals surface area (Å²) in [5.74, 6) is 3.63. The van der Waals surface area contributed by atoms with Crippen LogP contribution in [0.5, 0.6) is 0 Å². The molecular weight excluding hydrogens is 164 g/mol. The van der Waals surface area contributed by atoms with Crippen molar-refractivity contribution >= 4 is 0 Å². The zero-order valence-corrected chi connectivity index (χ0v) is 7.77. The Morgan fingerprint density at radius 1 is 1.23 bits per heavy atom. The van der Waals surface area contributed by atoms with E-state index in [9.17, 15) is 0 Å². The first kappa shape index (κ1) is 6.41. The molecule has 0 radical (unpaired) electrons. The molecule has 2 nitrogen and oxygen atoms in total. The third-order valence-corrected chi connectivity index (χ3v) is 5.55. The number of hydrogen-bond acceptors (Lipinski definition) is 2. The Balaban J connectivity index is 1.66. The first-order valence-electron chi connectivity index (χ1n) is 5.62. The molecule has 2 aliphatic heterocycles. The standard InChI is InChI=1S/C11H14O2/c1-11-6-2-5(10(11)13-11)4-3-7-9(12-7)8(4)6/h4-10H,2-3H2,1H3. The van der Waals surface area contributed by atoms with E-state index >= 15 is 0 Å². The molecule has 5 rings (SSSR count). The highest BCUT2D eigenvalue weighted by Gasteiger charge is 2.79. The van der Waals surface area contributed by atoms with Gasteiger partial charge in [-0.25, -0.2) is 0 Å². The van der Waals surface area contributed by atoms with Gasteiger partial charge in [0.1, 0.15) is 0 Å². The van der Waals surface area contributed by atoms with Crippen molar-refractivity contribution in [3.8, 4) is 0 Å². The molecule has 5 aliphatic rings. The second-order valence-corrected chi connectivity index (χ2v) is 5.84. The topological polar surface area (TPSA) is 25.1 Å². The summed E-state index contributed by atoms with van der Waals surface area (Å²) in [6.07, 6.45) is 4.77. The van der Waals surface area contributed by atoms with Gasteiger partial charge in [0.05, 0.1) is 23.9 Å². The van der Waals surface area contributed by atoms with Gasteiger partial charge in [-0.3, -0.25) is 0 Å². The maximum absolute atomic E-state index is 5.88. The van der Waals surface area contributed by atoms with Crippen LogP contribution in [0.15, 0.2) is 0 Å². The van der Waals surface area contributed by atoms with Crippen molar-refractivity contribution in [2.45, 2.75) is 43.7 Å². The van der Waals surface area contributed by atoms with Gasteiger partial charge in [-0.2, -0.15) is 0 Å². The number of epoxide rings is 2. The van der Waals surface area contributed by atoms with Crippen LogP contribution in [0, 0.1) is 23.7 Å². The summed E-state index contributed by atoms with van der Waals surface area (Å²) in [6.45, 7) is 2.33. The van der Waals surface area contributed by atoms with E-state index in [0.29, 0.717) is 23.9 Å². The Hall–Kier alpha value is -0.0800. The second kappa shape index (κ2) is 1.49. The minimum atomic E-state index is 0.298. The molecule has 0 spiro atoms. The molecule has 5 fully saturated rings. The van der Waals surface area contributed by atoms with Crippen molar-refractivity contribution in [1.29, 1.82) is 0 Å². The van der Waals surface area contributed by atoms with Gasteiger partial charge >= 0.3 is 0 Å². The van der Waals surface area contributed by atoms with Crippen LogP contribution in [0.1, 0.15) is 19.8 Å². The van der Waals surface area contributed by atoms with Crippen molar-refractivity contribution in [3.05, 3.63) is 0 Å². The summed E-state index contributed by atoms with van der Waals surface area (Å²) >= 11 is 0. The first-order valence-corrected chi connectivity index (χ1v) is 5.62. The largest absolute Gasteiger partial charge is 0.369 e. The van der Waals surface area contributed by atoms with Crippen molar-refractivity contribution < 1.29 is 9.47 Å². The molecular formula is C11H14O2. The Morgan fingerprint density at radius 3 is 3.08 bits per heavy atom. The summed E-state index contributed by atoms with van der Waals surface area (Å²) in [5.41, 5.74) is 0.298. The van der Waals surface area contributed by atoms with Crippen LogP contribution < -0.4 is 0 Å². The van der Waals surface area contributed by atoms with E-state index in [1.54, 1.807) is 0 Å². The molecule has 8 unspecified atom stereocenters. The SMILES string of the molecule is CC12OC1C1CC2C2C1CC1OC12. The molecule has 8 atom stereocenters. The molecule has 2 heteroatoms. The van der Waals surface area contributed by atoms with Gasteiger partial charge in [0, 0.05) is 0 Å². The van der Waals surface area contributed by atoms with Crippen LogP contribution in [0.4, 0.5) is 0 Å². The fourth-order valence-corrected chi connectivity index (χ4v) is 4.98. The normalized spacial score (nSPS) is 80.5. The smallest absolute Gasteiger partial charge is 0.0955 e. The van der Waals surface area contributed by atoms with Crippen LogP contribution in [0.2, 0.25) is 0 Å². The molecule has 0 aromatic rings. The Kier molecular flexibility index (Phi) is 0.733. The van der Waals surface area contributed by atoms with Crippen LogP contribution in [-0.4, -0.2) is 23.9 Å². The summed E-state index contributed by atoms with van der Waals surface area (Å²) in [4.78, 5) is 0. The maximum atomic E-state index is 5.88. The summed E-state index contributed by atoms with van der Waals surface area (Å²) in [7, 11) is 0. The van der Waals surface area contributed by atoms with Gasteiger partial charge < -0.3 is 9.47 Å². The van der Waals surface area contributed by atoms with Crippen LogP contribution in [0.25, 0.3) is 0 Å². The van der Waals surface area contributed by atoms with Crippen LogP contribution >= 0.6 is 0 Å². The van der Waals surface area contributed by atoms with Crippen LogP contribution in [-0.2, 0) is 9.47 Å². The van der Waals surface area contributed by atoms with E-state index in [1.165, 1.54) is 12.8 Å². The van der Waals surface area contributed by atoms with Crippen molar-refractivity contribution in [2.24, 2.45) is 23.7 Å². The lowest BCUT2D eigenvalue weighted by Gasteiger charge is -2.27. The Morgan fingerprint density at radius 2 is 2.15 bits per heavy atom. The van der Waals surface area contributed by atoms with E-state index in [0.717, 1.165) is 23.7 Å². The molecule has 2 heterocycles. The van der Waals surface area contributed by atoms with E-state index in [-0.39, 0.29) is 0 Å². The van der Waals surface area contributed by atoms with Crippen molar-refractivity contribution in [3.63, 3.8) is 0 Å². The molecule has 0 aromatic carbocycles. The highest BCUT2D eigenvalue weighted by molar-refractivity contribution is 5.26. The average molecular weight is 178 g/mol. The van der Waals surface area contributed by atoms with Gasteiger partial charge in [-0.05, 0) is 43.4 Å². The fraction of sp³-hybridized carbons (Fsp3) is 1.00. The number of rotatable bonds is 0. The van der Waals surface area contributed by atoms with E-state index in [2.05, 4.69) is 6.92 Å². The van der Waals surface area contributed by atoms with Gasteiger partial charge in [0.2, 0.25) is 0 Å². The quantitative estimate of drug-likeness (QED) is 0.521. The Bertz CT molecular complexity index is 315. The summed E-state index contributed by atoms with van der Waals surface area (Å²) < 4.78 is 11.6. The molecule has 2 saturated heterocycles. The number of ether oxygens (including phenoxy) is 2. The number of fused-ring (bicyclic) bond motifs is 10. The predicted octanol–water partition coefficient (Wildman–Crippen LogP) is 1.20. The second-order valence-electron chi connectivity index (χ2n) is 5.84. The third kappa shape index (κ3) is 0.490. The molecule has 0 N–H and O–H groups in total. The summed E-state index contributed by atoms with van der Waals surface area (Å²) in [5, 5.41) is 0.